The van der Waals surface area contributed by atoms with Gasteiger partial charge in [0.05, 0.1) is 0 Å². The summed E-state index contributed by atoms with van der Waals surface area (Å²) in [7, 11) is 0. The predicted octanol–water partition coefficient (Wildman–Crippen LogP) is 14.8. The van der Waals surface area contributed by atoms with E-state index in [4.69, 9.17) is 14.2 Å². The van der Waals surface area contributed by atoms with Crippen molar-refractivity contribution in [3.63, 3.8) is 0 Å². The summed E-state index contributed by atoms with van der Waals surface area (Å²) in [5.41, 5.74) is 0. The first-order chi connectivity index (χ1) is 26.5. The summed E-state index contributed by atoms with van der Waals surface area (Å²) in [6, 6.07) is 0. The molecular formula is C48H88O6. The van der Waals surface area contributed by atoms with Crippen molar-refractivity contribution in [2.75, 3.05) is 13.2 Å². The Morgan fingerprint density at radius 3 is 0.944 bits per heavy atom. The lowest BCUT2D eigenvalue weighted by molar-refractivity contribution is -0.167. The van der Waals surface area contributed by atoms with Crippen LogP contribution in [0.15, 0.2) is 24.3 Å². The van der Waals surface area contributed by atoms with E-state index in [0.717, 1.165) is 64.2 Å². The molecule has 1 atom stereocenters. The van der Waals surface area contributed by atoms with Crippen LogP contribution in [-0.2, 0) is 28.6 Å². The van der Waals surface area contributed by atoms with Gasteiger partial charge in [0.2, 0.25) is 0 Å². The minimum atomic E-state index is -0.769. The van der Waals surface area contributed by atoms with Crippen LogP contribution >= 0.6 is 0 Å². The van der Waals surface area contributed by atoms with Gasteiger partial charge < -0.3 is 14.2 Å². The predicted molar refractivity (Wildman–Crippen MR) is 229 cm³/mol. The highest BCUT2D eigenvalue weighted by atomic mass is 16.6. The largest absolute Gasteiger partial charge is 0.462 e. The van der Waals surface area contributed by atoms with E-state index < -0.39 is 6.10 Å². The van der Waals surface area contributed by atoms with Crippen molar-refractivity contribution >= 4 is 17.9 Å². The summed E-state index contributed by atoms with van der Waals surface area (Å²) in [5, 5.41) is 0. The number of unbranched alkanes of at least 4 members (excludes halogenated alkanes) is 27. The first kappa shape index (κ1) is 51.9. The molecule has 0 aliphatic heterocycles. The molecule has 0 heterocycles. The Balaban J connectivity index is 4.24. The van der Waals surface area contributed by atoms with Crippen LogP contribution in [0.25, 0.3) is 0 Å². The number of hydrogen-bond donors (Lipinski definition) is 0. The van der Waals surface area contributed by atoms with Crippen molar-refractivity contribution in [2.24, 2.45) is 0 Å². The average Bonchev–Trinajstić information content (AvgIpc) is 3.17. The normalized spacial score (nSPS) is 12.1. The molecule has 0 aliphatic rings. The topological polar surface area (TPSA) is 78.9 Å². The molecule has 0 bridgehead atoms. The average molecular weight is 761 g/mol. The molecule has 0 saturated carbocycles. The maximum absolute atomic E-state index is 12.7. The number of hydrogen-bond acceptors (Lipinski definition) is 6. The Morgan fingerprint density at radius 2 is 0.611 bits per heavy atom. The lowest BCUT2D eigenvalue weighted by Crippen LogP contribution is -2.30. The summed E-state index contributed by atoms with van der Waals surface area (Å²) in [6.45, 7) is 6.55. The fourth-order valence-corrected chi connectivity index (χ4v) is 6.61. The monoisotopic (exact) mass is 761 g/mol. The fourth-order valence-electron chi connectivity index (χ4n) is 6.61. The molecule has 0 amide bonds. The second-order valence-electron chi connectivity index (χ2n) is 15.7. The molecule has 1 unspecified atom stereocenters. The van der Waals surface area contributed by atoms with E-state index in [0.29, 0.717) is 19.3 Å². The van der Waals surface area contributed by atoms with E-state index in [2.05, 4.69) is 45.1 Å². The van der Waals surface area contributed by atoms with Gasteiger partial charge in [-0.2, -0.15) is 0 Å². The van der Waals surface area contributed by atoms with E-state index in [1.54, 1.807) is 0 Å². The van der Waals surface area contributed by atoms with Gasteiger partial charge in [-0.25, -0.2) is 0 Å². The zero-order valence-corrected chi connectivity index (χ0v) is 36.0. The summed E-state index contributed by atoms with van der Waals surface area (Å²) >= 11 is 0. The Bertz CT molecular complexity index is 880. The molecule has 0 aromatic rings. The summed E-state index contributed by atoms with van der Waals surface area (Å²) < 4.78 is 16.6. The number of rotatable bonds is 42. The molecule has 0 radical (unpaired) electrons. The van der Waals surface area contributed by atoms with Gasteiger partial charge in [0.1, 0.15) is 13.2 Å². The first-order valence-corrected chi connectivity index (χ1v) is 23.3. The van der Waals surface area contributed by atoms with E-state index in [1.165, 1.54) is 141 Å². The molecule has 0 spiro atoms. The molecule has 316 valence electrons. The summed E-state index contributed by atoms with van der Waals surface area (Å²) in [4.78, 5) is 37.6. The molecule has 0 N–H and O–H groups in total. The molecule has 0 aromatic carbocycles. The lowest BCUT2D eigenvalue weighted by Gasteiger charge is -2.18. The molecule has 0 rings (SSSR count). The van der Waals surface area contributed by atoms with Gasteiger partial charge in [0, 0.05) is 19.3 Å². The van der Waals surface area contributed by atoms with Crippen LogP contribution in [0.4, 0.5) is 0 Å². The first-order valence-electron chi connectivity index (χ1n) is 23.3. The number of carbonyl (C=O) groups excluding carboxylic acids is 3. The smallest absolute Gasteiger partial charge is 0.306 e. The van der Waals surface area contributed by atoms with Crippen LogP contribution in [0.3, 0.4) is 0 Å². The van der Waals surface area contributed by atoms with E-state index in [9.17, 15) is 14.4 Å². The number of carbonyl (C=O) groups is 3. The highest BCUT2D eigenvalue weighted by molar-refractivity contribution is 5.71. The number of ether oxygens (including phenoxy) is 3. The van der Waals surface area contributed by atoms with Crippen LogP contribution in [0.1, 0.15) is 245 Å². The van der Waals surface area contributed by atoms with Crippen molar-refractivity contribution in [2.45, 2.75) is 252 Å². The van der Waals surface area contributed by atoms with Crippen molar-refractivity contribution in [1.29, 1.82) is 0 Å². The molecule has 6 nitrogen and oxygen atoms in total. The van der Waals surface area contributed by atoms with Gasteiger partial charge in [-0.05, 0) is 70.6 Å². The van der Waals surface area contributed by atoms with Gasteiger partial charge >= 0.3 is 17.9 Å². The third-order valence-electron chi connectivity index (χ3n) is 10.2. The van der Waals surface area contributed by atoms with Gasteiger partial charge in [0.15, 0.2) is 6.10 Å². The van der Waals surface area contributed by atoms with Crippen molar-refractivity contribution in [3.8, 4) is 0 Å². The third kappa shape index (κ3) is 41.1. The van der Waals surface area contributed by atoms with Crippen molar-refractivity contribution in [3.05, 3.63) is 24.3 Å². The SMILES string of the molecule is CCCCCC/C=C\CCCCCCCC(=O)OC(COC(=O)CCCCCCCC)COC(=O)CCCCCCCCC/C=C\CCCCCCCC. The second kappa shape index (κ2) is 43.6. The summed E-state index contributed by atoms with van der Waals surface area (Å²) in [5.74, 6) is -0.893. The standard InChI is InChI=1S/C48H88O6/c1-4-7-10-13-16-18-20-22-23-24-25-27-28-30-32-35-38-41-47(50)53-44-45(43-52-46(49)40-37-34-15-12-9-6-3)54-48(51)42-39-36-33-31-29-26-21-19-17-14-11-8-5-2/h19,21-23,45H,4-18,20,24-44H2,1-3H3/b21-19-,23-22-. The van der Waals surface area contributed by atoms with Crippen LogP contribution in [0, 0.1) is 0 Å². The Labute approximate surface area is 334 Å². The fraction of sp³-hybridized carbons (Fsp3) is 0.854. The minimum absolute atomic E-state index is 0.0747. The van der Waals surface area contributed by atoms with Crippen molar-refractivity contribution in [1.82, 2.24) is 0 Å². The zero-order chi connectivity index (χ0) is 39.4. The Hall–Kier alpha value is -2.11. The Kier molecular flexibility index (Phi) is 41.9. The molecule has 0 aromatic heterocycles. The van der Waals surface area contributed by atoms with Gasteiger partial charge in [-0.1, -0.05) is 180 Å². The van der Waals surface area contributed by atoms with E-state index in [1.807, 2.05) is 0 Å². The second-order valence-corrected chi connectivity index (χ2v) is 15.7. The van der Waals surface area contributed by atoms with Gasteiger partial charge in [-0.3, -0.25) is 14.4 Å². The summed E-state index contributed by atoms with van der Waals surface area (Å²) in [6.07, 6.45) is 47.5. The van der Waals surface area contributed by atoms with Crippen LogP contribution in [-0.4, -0.2) is 37.2 Å². The molecule has 0 aliphatic carbocycles. The van der Waals surface area contributed by atoms with E-state index in [-0.39, 0.29) is 31.1 Å². The highest BCUT2D eigenvalue weighted by Crippen LogP contribution is 2.14. The van der Waals surface area contributed by atoms with Gasteiger partial charge in [-0.15, -0.1) is 0 Å². The molecule has 0 saturated heterocycles. The highest BCUT2D eigenvalue weighted by Gasteiger charge is 2.19. The molecule has 54 heavy (non-hydrogen) atoms. The maximum atomic E-state index is 12.7. The van der Waals surface area contributed by atoms with E-state index >= 15 is 0 Å². The molecular weight excluding hydrogens is 673 g/mol. The van der Waals surface area contributed by atoms with Crippen LogP contribution in [0.2, 0.25) is 0 Å². The quantitative estimate of drug-likeness (QED) is 0.0267. The lowest BCUT2D eigenvalue weighted by atomic mass is 10.1. The Morgan fingerprint density at radius 1 is 0.352 bits per heavy atom. The van der Waals surface area contributed by atoms with Crippen LogP contribution < -0.4 is 0 Å². The maximum Gasteiger partial charge on any atom is 0.306 e. The third-order valence-corrected chi connectivity index (χ3v) is 10.2. The zero-order valence-electron chi connectivity index (χ0n) is 36.0. The molecule has 0 fully saturated rings. The molecule has 6 heteroatoms. The van der Waals surface area contributed by atoms with Crippen LogP contribution in [0.5, 0.6) is 0 Å². The van der Waals surface area contributed by atoms with Gasteiger partial charge in [0.25, 0.3) is 0 Å². The number of allylic oxidation sites excluding steroid dienone is 4. The van der Waals surface area contributed by atoms with Crippen molar-refractivity contribution < 1.29 is 28.6 Å². The number of esters is 3. The minimum Gasteiger partial charge on any atom is -0.462 e.